The van der Waals surface area contributed by atoms with E-state index < -0.39 is 28.5 Å². The lowest BCUT2D eigenvalue weighted by atomic mass is 10.1. The maximum absolute atomic E-state index is 14.1. The predicted molar refractivity (Wildman–Crippen MR) is 160 cm³/mol. The highest BCUT2D eigenvalue weighted by molar-refractivity contribution is 7.92. The van der Waals surface area contributed by atoms with Gasteiger partial charge >= 0.3 is 0 Å². The minimum Gasteiger partial charge on any atom is -0.497 e. The lowest BCUT2D eigenvalue weighted by molar-refractivity contribution is -0.139. The standard InChI is InChI=1S/C32H39N3O5S/c1-23-14-17-28(20-24(23)2)35(41(38,39)30-12-6-5-7-13-30)22-31(36)34(21-26-15-18-29(40-4)19-16-26)25(3)32(37)33-27-10-8-9-11-27/h5-7,12-20,25,27H,8-11,21-22H2,1-4H3,(H,33,37)/t25-/m1/s1. The average Bonchev–Trinajstić information content (AvgIpc) is 3.49. The second-order valence-electron chi connectivity index (χ2n) is 10.6. The fourth-order valence-corrected chi connectivity index (χ4v) is 6.46. The fraction of sp³-hybridized carbons (Fsp3) is 0.375. The number of nitrogens with zero attached hydrogens (tertiary/aromatic N) is 2. The second-order valence-corrected chi connectivity index (χ2v) is 12.5. The maximum atomic E-state index is 14.1. The van der Waals surface area contributed by atoms with Crippen LogP contribution in [-0.4, -0.2) is 50.9 Å². The molecule has 218 valence electrons. The molecule has 0 saturated heterocycles. The minimum atomic E-state index is -4.09. The number of nitrogens with one attached hydrogen (secondary N) is 1. The summed E-state index contributed by atoms with van der Waals surface area (Å²) in [5.41, 5.74) is 3.10. The number of hydrogen-bond donors (Lipinski definition) is 1. The number of rotatable bonds is 11. The van der Waals surface area contributed by atoms with Crippen LogP contribution in [0.4, 0.5) is 5.69 Å². The summed E-state index contributed by atoms with van der Waals surface area (Å²) in [7, 11) is -2.51. The van der Waals surface area contributed by atoms with Crippen molar-refractivity contribution in [3.8, 4) is 5.75 Å². The second kappa shape index (κ2) is 13.2. The first-order valence-electron chi connectivity index (χ1n) is 14.0. The van der Waals surface area contributed by atoms with Gasteiger partial charge < -0.3 is 15.0 Å². The van der Waals surface area contributed by atoms with Crippen LogP contribution in [-0.2, 0) is 26.2 Å². The topological polar surface area (TPSA) is 96.0 Å². The van der Waals surface area contributed by atoms with Gasteiger partial charge in [-0.1, -0.05) is 49.2 Å². The summed E-state index contributed by atoms with van der Waals surface area (Å²) in [6, 6.07) is 19.9. The Kier molecular flexibility index (Phi) is 9.70. The van der Waals surface area contributed by atoms with Crippen molar-refractivity contribution in [3.05, 3.63) is 89.5 Å². The van der Waals surface area contributed by atoms with E-state index >= 15 is 0 Å². The molecule has 0 heterocycles. The fourth-order valence-electron chi connectivity index (χ4n) is 5.03. The number of carbonyl (C=O) groups is 2. The van der Waals surface area contributed by atoms with E-state index in [1.165, 1.54) is 17.0 Å². The zero-order valence-corrected chi connectivity index (χ0v) is 25.0. The van der Waals surface area contributed by atoms with Gasteiger partial charge in [-0.3, -0.25) is 13.9 Å². The molecule has 0 unspecified atom stereocenters. The van der Waals surface area contributed by atoms with Crippen LogP contribution in [0.25, 0.3) is 0 Å². The maximum Gasteiger partial charge on any atom is 0.264 e. The van der Waals surface area contributed by atoms with Gasteiger partial charge in [0.2, 0.25) is 11.8 Å². The molecule has 9 heteroatoms. The molecule has 0 bridgehead atoms. The highest BCUT2D eigenvalue weighted by Crippen LogP contribution is 2.27. The third-order valence-corrected chi connectivity index (χ3v) is 9.56. The summed E-state index contributed by atoms with van der Waals surface area (Å²) >= 11 is 0. The monoisotopic (exact) mass is 577 g/mol. The van der Waals surface area contributed by atoms with Crippen molar-refractivity contribution < 1.29 is 22.7 Å². The molecule has 3 aromatic carbocycles. The average molecular weight is 578 g/mol. The Bertz CT molecular complexity index is 1450. The van der Waals surface area contributed by atoms with E-state index in [1.807, 2.05) is 32.0 Å². The SMILES string of the molecule is COc1ccc(CN(C(=O)CN(c2ccc(C)c(C)c2)S(=O)(=O)c2ccccc2)[C@H](C)C(=O)NC2CCCC2)cc1. The lowest BCUT2D eigenvalue weighted by Crippen LogP contribution is -2.52. The highest BCUT2D eigenvalue weighted by Gasteiger charge is 2.33. The van der Waals surface area contributed by atoms with Gasteiger partial charge in [0.15, 0.2) is 0 Å². The zero-order chi connectivity index (χ0) is 29.6. The Hall–Kier alpha value is -3.85. The van der Waals surface area contributed by atoms with E-state index in [1.54, 1.807) is 56.5 Å². The van der Waals surface area contributed by atoms with Gasteiger partial charge in [-0.25, -0.2) is 8.42 Å². The van der Waals surface area contributed by atoms with Gasteiger partial charge in [0.05, 0.1) is 17.7 Å². The molecule has 3 aromatic rings. The Morgan fingerprint density at radius 1 is 0.951 bits per heavy atom. The summed E-state index contributed by atoms with van der Waals surface area (Å²) in [6.45, 7) is 5.21. The molecule has 1 N–H and O–H groups in total. The van der Waals surface area contributed by atoms with Crippen LogP contribution in [0.2, 0.25) is 0 Å². The number of sulfonamides is 1. The van der Waals surface area contributed by atoms with Crippen LogP contribution in [0.3, 0.4) is 0 Å². The molecular formula is C32H39N3O5S. The van der Waals surface area contributed by atoms with Crippen LogP contribution in [0.1, 0.15) is 49.3 Å². The van der Waals surface area contributed by atoms with Crippen LogP contribution in [0.15, 0.2) is 77.7 Å². The summed E-state index contributed by atoms with van der Waals surface area (Å²) in [5.74, 6) is -0.0523. The first kappa shape index (κ1) is 30.1. The van der Waals surface area contributed by atoms with Gasteiger partial charge in [0, 0.05) is 12.6 Å². The van der Waals surface area contributed by atoms with E-state index in [9.17, 15) is 18.0 Å². The molecule has 0 aromatic heterocycles. The van der Waals surface area contributed by atoms with Crippen LogP contribution in [0.5, 0.6) is 5.75 Å². The first-order valence-corrected chi connectivity index (χ1v) is 15.4. The summed E-state index contributed by atoms with van der Waals surface area (Å²) in [4.78, 5) is 29.0. The van der Waals surface area contributed by atoms with Crippen LogP contribution in [0, 0.1) is 13.8 Å². The minimum absolute atomic E-state index is 0.0831. The van der Waals surface area contributed by atoms with Crippen LogP contribution < -0.4 is 14.4 Å². The van der Waals surface area contributed by atoms with Crippen molar-refractivity contribution in [3.63, 3.8) is 0 Å². The van der Waals surface area contributed by atoms with Crippen LogP contribution >= 0.6 is 0 Å². The molecule has 1 aliphatic rings. The third kappa shape index (κ3) is 7.27. The van der Waals surface area contributed by atoms with Crippen molar-refractivity contribution in [2.45, 2.75) is 70.0 Å². The molecule has 1 aliphatic carbocycles. The van der Waals surface area contributed by atoms with Gasteiger partial charge in [-0.15, -0.1) is 0 Å². The van der Waals surface area contributed by atoms with Gasteiger partial charge in [-0.2, -0.15) is 0 Å². The van der Waals surface area contributed by atoms with E-state index in [0.717, 1.165) is 46.7 Å². The molecule has 41 heavy (non-hydrogen) atoms. The third-order valence-electron chi connectivity index (χ3n) is 7.77. The Morgan fingerprint density at radius 2 is 1.61 bits per heavy atom. The smallest absolute Gasteiger partial charge is 0.264 e. The summed E-state index contributed by atoms with van der Waals surface area (Å²) < 4.78 is 34.2. The summed E-state index contributed by atoms with van der Waals surface area (Å²) in [5, 5.41) is 3.09. The highest BCUT2D eigenvalue weighted by atomic mass is 32.2. The van der Waals surface area contributed by atoms with E-state index in [2.05, 4.69) is 5.32 Å². The Balaban J connectivity index is 1.69. The molecule has 4 rings (SSSR count). The van der Waals surface area contributed by atoms with Crippen molar-refractivity contribution in [1.82, 2.24) is 10.2 Å². The van der Waals surface area contributed by atoms with E-state index in [0.29, 0.717) is 11.4 Å². The molecule has 0 spiro atoms. The normalized spacial score (nSPS) is 14.3. The number of amides is 2. The quantitative estimate of drug-likeness (QED) is 0.347. The zero-order valence-electron chi connectivity index (χ0n) is 24.2. The van der Waals surface area contributed by atoms with Crippen molar-refractivity contribution in [2.24, 2.45) is 0 Å². The van der Waals surface area contributed by atoms with Gasteiger partial charge in [0.25, 0.3) is 10.0 Å². The van der Waals surface area contributed by atoms with Gasteiger partial charge in [0.1, 0.15) is 18.3 Å². The number of anilines is 1. The molecule has 1 fully saturated rings. The Morgan fingerprint density at radius 3 is 2.22 bits per heavy atom. The Labute approximate surface area is 243 Å². The first-order chi connectivity index (χ1) is 19.6. The number of carbonyl (C=O) groups excluding carboxylic acids is 2. The number of hydrogen-bond acceptors (Lipinski definition) is 5. The largest absolute Gasteiger partial charge is 0.497 e. The molecule has 1 atom stereocenters. The predicted octanol–water partition coefficient (Wildman–Crippen LogP) is 4.98. The molecular weight excluding hydrogens is 538 g/mol. The van der Waals surface area contributed by atoms with Gasteiger partial charge in [-0.05, 0) is 86.7 Å². The number of aryl methyl sites for hydroxylation is 2. The van der Waals surface area contributed by atoms with E-state index in [-0.39, 0.29) is 23.4 Å². The van der Waals surface area contributed by atoms with E-state index in [4.69, 9.17) is 4.74 Å². The number of benzene rings is 3. The molecule has 1 saturated carbocycles. The molecule has 0 radical (unpaired) electrons. The molecule has 0 aliphatic heterocycles. The summed E-state index contributed by atoms with van der Waals surface area (Å²) in [6.07, 6.45) is 3.97. The number of methoxy groups -OCH3 is 1. The molecule has 8 nitrogen and oxygen atoms in total. The van der Waals surface area contributed by atoms with Crippen molar-refractivity contribution in [2.75, 3.05) is 18.0 Å². The number of ether oxygens (including phenoxy) is 1. The lowest BCUT2D eigenvalue weighted by Gasteiger charge is -2.32. The van der Waals surface area contributed by atoms with Crippen molar-refractivity contribution >= 4 is 27.5 Å². The van der Waals surface area contributed by atoms with Crippen molar-refractivity contribution in [1.29, 1.82) is 0 Å². The molecule has 2 amide bonds.